The van der Waals surface area contributed by atoms with Crippen LogP contribution in [0.25, 0.3) is 0 Å². The second kappa shape index (κ2) is 5.22. The highest BCUT2D eigenvalue weighted by Crippen LogP contribution is 2.39. The molecule has 0 radical (unpaired) electrons. The number of nitro groups is 1. The summed E-state index contributed by atoms with van der Waals surface area (Å²) in [5.41, 5.74) is 5.36. The topological polar surface area (TPSA) is 72.4 Å². The van der Waals surface area contributed by atoms with Gasteiger partial charge in [0, 0.05) is 19.1 Å². The number of fused-ring (bicyclic) bond motifs is 1. The van der Waals surface area contributed by atoms with Gasteiger partial charge in [0.2, 0.25) is 0 Å². The van der Waals surface area contributed by atoms with Crippen molar-refractivity contribution in [1.82, 2.24) is 0 Å². The molecule has 21 heavy (non-hydrogen) atoms. The van der Waals surface area contributed by atoms with Crippen molar-refractivity contribution in [2.75, 3.05) is 18.0 Å². The highest BCUT2D eigenvalue weighted by atomic mass is 19.1. The molecule has 0 amide bonds. The number of halogens is 2. The van der Waals surface area contributed by atoms with Crippen LogP contribution in [0.4, 0.5) is 20.2 Å². The van der Waals surface area contributed by atoms with Crippen LogP contribution < -0.4 is 10.6 Å². The van der Waals surface area contributed by atoms with Crippen LogP contribution in [0.15, 0.2) is 12.1 Å². The zero-order valence-electron chi connectivity index (χ0n) is 11.5. The van der Waals surface area contributed by atoms with Crippen molar-refractivity contribution in [1.29, 1.82) is 0 Å². The highest BCUT2D eigenvalue weighted by molar-refractivity contribution is 5.54. The third-order valence-electron chi connectivity index (χ3n) is 4.68. The van der Waals surface area contributed by atoms with Gasteiger partial charge < -0.3 is 10.6 Å². The van der Waals surface area contributed by atoms with Gasteiger partial charge in [0.15, 0.2) is 11.6 Å². The average Bonchev–Trinajstić information content (AvgIpc) is 2.82. The van der Waals surface area contributed by atoms with Crippen molar-refractivity contribution in [3.8, 4) is 0 Å². The molecule has 0 spiro atoms. The second-order valence-corrected chi connectivity index (χ2v) is 5.94. The van der Waals surface area contributed by atoms with E-state index in [4.69, 9.17) is 5.73 Å². The molecule has 1 saturated carbocycles. The molecule has 7 heteroatoms. The lowest BCUT2D eigenvalue weighted by molar-refractivity contribution is -0.385. The van der Waals surface area contributed by atoms with Crippen molar-refractivity contribution in [2.24, 2.45) is 17.6 Å². The van der Waals surface area contributed by atoms with Crippen LogP contribution in [-0.4, -0.2) is 24.1 Å². The molecule has 3 atom stereocenters. The van der Waals surface area contributed by atoms with E-state index in [1.54, 1.807) is 4.90 Å². The summed E-state index contributed by atoms with van der Waals surface area (Å²) < 4.78 is 28.2. The number of benzene rings is 1. The summed E-state index contributed by atoms with van der Waals surface area (Å²) in [5, 5.41) is 10.6. The number of hydrogen-bond donors (Lipinski definition) is 1. The van der Waals surface area contributed by atoms with Crippen molar-refractivity contribution >= 4 is 11.4 Å². The minimum Gasteiger partial charge on any atom is -0.366 e. The predicted octanol–water partition coefficient (Wildman–Crippen LogP) is 2.44. The molecule has 2 fully saturated rings. The largest absolute Gasteiger partial charge is 0.366 e. The molecule has 1 aromatic carbocycles. The zero-order valence-corrected chi connectivity index (χ0v) is 11.5. The van der Waals surface area contributed by atoms with E-state index in [1.807, 2.05) is 0 Å². The van der Waals surface area contributed by atoms with Crippen molar-refractivity contribution < 1.29 is 13.7 Å². The predicted molar refractivity (Wildman–Crippen MR) is 74.0 cm³/mol. The molecule has 1 aliphatic carbocycles. The molecule has 2 N–H and O–H groups in total. The second-order valence-electron chi connectivity index (χ2n) is 5.94. The van der Waals surface area contributed by atoms with Gasteiger partial charge in [0.05, 0.1) is 17.1 Å². The fourth-order valence-corrected chi connectivity index (χ4v) is 3.66. The Morgan fingerprint density at radius 1 is 1.24 bits per heavy atom. The molecule has 1 aromatic rings. The van der Waals surface area contributed by atoms with E-state index < -0.39 is 22.2 Å². The van der Waals surface area contributed by atoms with Crippen molar-refractivity contribution in [2.45, 2.75) is 25.3 Å². The van der Waals surface area contributed by atoms with Gasteiger partial charge in [-0.3, -0.25) is 10.1 Å². The lowest BCUT2D eigenvalue weighted by Gasteiger charge is -2.29. The number of non-ortho nitro benzene ring substituents is 1. The number of nitrogens with zero attached hydrogens (tertiary/aromatic N) is 2. The Kier molecular flexibility index (Phi) is 3.52. The van der Waals surface area contributed by atoms with Crippen molar-refractivity contribution in [3.05, 3.63) is 33.9 Å². The first-order valence-electron chi connectivity index (χ1n) is 7.11. The van der Waals surface area contributed by atoms with E-state index in [0.717, 1.165) is 31.4 Å². The van der Waals surface area contributed by atoms with E-state index in [1.165, 1.54) is 0 Å². The Balaban J connectivity index is 1.90. The Hall–Kier alpha value is -1.76. The van der Waals surface area contributed by atoms with E-state index >= 15 is 0 Å². The summed E-state index contributed by atoms with van der Waals surface area (Å²) >= 11 is 0. The monoisotopic (exact) mass is 297 g/mol. The SMILES string of the molecule is NC1CCCC2CN(c3c(F)cc([N+](=O)[O-])cc3F)CC12. The molecule has 3 unspecified atom stereocenters. The van der Waals surface area contributed by atoms with Gasteiger partial charge in [-0.05, 0) is 24.7 Å². The van der Waals surface area contributed by atoms with Gasteiger partial charge in [0.25, 0.3) is 5.69 Å². The van der Waals surface area contributed by atoms with Crippen LogP contribution in [0.5, 0.6) is 0 Å². The molecule has 3 rings (SSSR count). The van der Waals surface area contributed by atoms with Crippen LogP contribution in [0.1, 0.15) is 19.3 Å². The molecule has 1 aliphatic heterocycles. The number of rotatable bonds is 2. The highest BCUT2D eigenvalue weighted by Gasteiger charge is 2.40. The number of anilines is 1. The van der Waals surface area contributed by atoms with Gasteiger partial charge in [-0.15, -0.1) is 0 Å². The fraction of sp³-hybridized carbons (Fsp3) is 0.571. The quantitative estimate of drug-likeness (QED) is 0.672. The van der Waals surface area contributed by atoms with Crippen LogP contribution >= 0.6 is 0 Å². The smallest absolute Gasteiger partial charge is 0.275 e. The lowest BCUT2D eigenvalue weighted by atomic mass is 9.78. The number of hydrogen-bond acceptors (Lipinski definition) is 4. The molecular formula is C14H17F2N3O2. The summed E-state index contributed by atoms with van der Waals surface area (Å²) in [7, 11) is 0. The van der Waals surface area contributed by atoms with Crippen LogP contribution in [0, 0.1) is 33.6 Å². The maximum atomic E-state index is 14.1. The van der Waals surface area contributed by atoms with Gasteiger partial charge in [0.1, 0.15) is 5.69 Å². The first-order chi connectivity index (χ1) is 9.97. The Bertz CT molecular complexity index is 558. The molecule has 114 valence electrons. The third-order valence-corrected chi connectivity index (χ3v) is 4.68. The Morgan fingerprint density at radius 2 is 1.90 bits per heavy atom. The van der Waals surface area contributed by atoms with Gasteiger partial charge >= 0.3 is 0 Å². The Morgan fingerprint density at radius 3 is 2.48 bits per heavy atom. The molecule has 1 saturated heterocycles. The van der Waals surface area contributed by atoms with Crippen molar-refractivity contribution in [3.63, 3.8) is 0 Å². The molecule has 1 heterocycles. The lowest BCUT2D eigenvalue weighted by Crippen LogP contribution is -2.38. The maximum absolute atomic E-state index is 14.1. The van der Waals surface area contributed by atoms with Crippen LogP contribution in [-0.2, 0) is 0 Å². The molecular weight excluding hydrogens is 280 g/mol. The number of nitrogens with two attached hydrogens (primary N) is 1. The summed E-state index contributed by atoms with van der Waals surface area (Å²) in [6.45, 7) is 1.07. The minimum absolute atomic E-state index is 0.0675. The van der Waals surface area contributed by atoms with Crippen LogP contribution in [0.2, 0.25) is 0 Å². The average molecular weight is 297 g/mol. The standard InChI is InChI=1S/C14H17F2N3O2/c15-11-4-9(19(20)21)5-12(16)14(11)18-6-8-2-1-3-13(17)10(8)7-18/h4-5,8,10,13H,1-3,6-7,17H2. The Labute approximate surface area is 120 Å². The first kappa shape index (κ1) is 14.2. The summed E-state index contributed by atoms with van der Waals surface area (Å²) in [4.78, 5) is 11.5. The molecule has 2 aliphatic rings. The third kappa shape index (κ3) is 2.46. The molecule has 0 aromatic heterocycles. The minimum atomic E-state index is -0.881. The first-order valence-corrected chi connectivity index (χ1v) is 7.11. The summed E-state index contributed by atoms with van der Waals surface area (Å²) in [5.74, 6) is -1.17. The van der Waals surface area contributed by atoms with Gasteiger partial charge in [-0.2, -0.15) is 0 Å². The summed E-state index contributed by atoms with van der Waals surface area (Å²) in [6.07, 6.45) is 3.01. The van der Waals surface area contributed by atoms with E-state index in [2.05, 4.69) is 0 Å². The molecule has 0 bridgehead atoms. The fourth-order valence-electron chi connectivity index (χ4n) is 3.66. The van der Waals surface area contributed by atoms with E-state index in [0.29, 0.717) is 19.0 Å². The maximum Gasteiger partial charge on any atom is 0.275 e. The van der Waals surface area contributed by atoms with E-state index in [-0.39, 0.29) is 17.6 Å². The van der Waals surface area contributed by atoms with Crippen LogP contribution in [0.3, 0.4) is 0 Å². The molecule has 5 nitrogen and oxygen atoms in total. The van der Waals surface area contributed by atoms with Gasteiger partial charge in [-0.25, -0.2) is 8.78 Å². The number of nitro benzene ring substituents is 1. The zero-order chi connectivity index (χ0) is 15.1. The van der Waals surface area contributed by atoms with E-state index in [9.17, 15) is 18.9 Å². The normalized spacial score (nSPS) is 28.5. The summed E-state index contributed by atoms with van der Waals surface area (Å²) in [6, 6.07) is 1.62. The van der Waals surface area contributed by atoms with Gasteiger partial charge in [-0.1, -0.05) is 6.42 Å².